The second-order valence-corrected chi connectivity index (χ2v) is 6.97. The fourth-order valence-electron chi connectivity index (χ4n) is 2.72. The Morgan fingerprint density at radius 3 is 2.64 bits per heavy atom. The molecule has 1 aromatic heterocycles. The molecule has 2 rings (SSSR count). The van der Waals surface area contributed by atoms with Gasteiger partial charge in [-0.15, -0.1) is 0 Å². The van der Waals surface area contributed by atoms with Crippen LogP contribution in [-0.4, -0.2) is 52.7 Å². The molecule has 5 nitrogen and oxygen atoms in total. The first-order valence-corrected chi connectivity index (χ1v) is 7.92. The highest BCUT2D eigenvalue weighted by atomic mass is 16.6. The molecule has 0 bridgehead atoms. The van der Waals surface area contributed by atoms with E-state index in [4.69, 9.17) is 4.74 Å². The summed E-state index contributed by atoms with van der Waals surface area (Å²) in [5.41, 5.74) is 0.796. The van der Waals surface area contributed by atoms with Crippen molar-refractivity contribution in [2.24, 2.45) is 0 Å². The molecule has 1 fully saturated rings. The normalized spacial score (nSPS) is 16.9. The Balaban J connectivity index is 1.80. The molecular formula is C17H27N3O2. The van der Waals surface area contributed by atoms with Crippen LogP contribution in [0.15, 0.2) is 24.5 Å². The molecule has 1 aromatic rings. The lowest BCUT2D eigenvalue weighted by molar-refractivity contribution is 0.0153. The second kappa shape index (κ2) is 7.09. The van der Waals surface area contributed by atoms with Gasteiger partial charge in [0.05, 0.1) is 0 Å². The van der Waals surface area contributed by atoms with Gasteiger partial charge in [0, 0.05) is 38.1 Å². The number of aromatic nitrogens is 1. The van der Waals surface area contributed by atoms with E-state index in [1.807, 2.05) is 37.9 Å². The minimum absolute atomic E-state index is 0.194. The number of rotatable bonds is 3. The second-order valence-electron chi connectivity index (χ2n) is 6.97. The lowest BCUT2D eigenvalue weighted by Crippen LogP contribution is -2.46. The zero-order valence-electron chi connectivity index (χ0n) is 14.1. The summed E-state index contributed by atoms with van der Waals surface area (Å²) in [5, 5.41) is 0. The summed E-state index contributed by atoms with van der Waals surface area (Å²) in [4.78, 5) is 20.4. The van der Waals surface area contributed by atoms with Gasteiger partial charge in [-0.2, -0.15) is 0 Å². The van der Waals surface area contributed by atoms with E-state index in [-0.39, 0.29) is 6.09 Å². The van der Waals surface area contributed by atoms with Gasteiger partial charge in [-0.25, -0.2) is 4.79 Å². The first kappa shape index (κ1) is 16.7. The van der Waals surface area contributed by atoms with Crippen LogP contribution in [0.1, 0.15) is 39.2 Å². The van der Waals surface area contributed by atoms with Crippen molar-refractivity contribution >= 4 is 6.09 Å². The number of amides is 1. The highest BCUT2D eigenvalue weighted by Gasteiger charge is 2.28. The molecule has 1 saturated heterocycles. The smallest absolute Gasteiger partial charge is 0.410 e. The van der Waals surface area contributed by atoms with Crippen LogP contribution in [0, 0.1) is 0 Å². The van der Waals surface area contributed by atoms with E-state index >= 15 is 0 Å². The van der Waals surface area contributed by atoms with E-state index in [9.17, 15) is 4.79 Å². The maximum absolute atomic E-state index is 12.1. The molecule has 1 aliphatic rings. The molecule has 1 amide bonds. The standard InChI is InChI=1S/C17H27N3O2/c1-17(2,3)22-16(21)20-10-7-15(8-11-20)19(4)13-14-6-5-9-18-12-14/h5-6,9,12,15H,7-8,10-11,13H2,1-4H3. The molecule has 0 unspecified atom stereocenters. The van der Waals surface area contributed by atoms with Crippen molar-refractivity contribution in [1.29, 1.82) is 0 Å². The molecule has 0 aliphatic carbocycles. The highest BCUT2D eigenvalue weighted by Crippen LogP contribution is 2.19. The highest BCUT2D eigenvalue weighted by molar-refractivity contribution is 5.68. The van der Waals surface area contributed by atoms with Gasteiger partial charge >= 0.3 is 6.09 Å². The van der Waals surface area contributed by atoms with E-state index in [0.29, 0.717) is 6.04 Å². The number of nitrogens with zero attached hydrogens (tertiary/aromatic N) is 3. The molecule has 0 saturated carbocycles. The van der Waals surface area contributed by atoms with Crippen molar-refractivity contribution < 1.29 is 9.53 Å². The fourth-order valence-corrected chi connectivity index (χ4v) is 2.72. The average molecular weight is 305 g/mol. The monoisotopic (exact) mass is 305 g/mol. The molecular weight excluding hydrogens is 278 g/mol. The van der Waals surface area contributed by atoms with Crippen molar-refractivity contribution in [2.75, 3.05) is 20.1 Å². The number of pyridine rings is 1. The van der Waals surface area contributed by atoms with E-state index in [0.717, 1.165) is 32.5 Å². The zero-order chi connectivity index (χ0) is 16.2. The first-order valence-electron chi connectivity index (χ1n) is 7.92. The van der Waals surface area contributed by atoms with E-state index in [1.54, 1.807) is 6.20 Å². The number of hydrogen-bond donors (Lipinski definition) is 0. The van der Waals surface area contributed by atoms with Crippen molar-refractivity contribution in [3.8, 4) is 0 Å². The third-order valence-electron chi connectivity index (χ3n) is 3.89. The van der Waals surface area contributed by atoms with Crippen LogP contribution in [0.2, 0.25) is 0 Å². The third kappa shape index (κ3) is 4.98. The Morgan fingerprint density at radius 2 is 2.09 bits per heavy atom. The number of piperidine rings is 1. The molecule has 122 valence electrons. The number of ether oxygens (including phenoxy) is 1. The van der Waals surface area contributed by atoms with Crippen LogP contribution in [0.5, 0.6) is 0 Å². The van der Waals surface area contributed by atoms with E-state index in [2.05, 4.69) is 23.0 Å². The van der Waals surface area contributed by atoms with E-state index < -0.39 is 5.60 Å². The van der Waals surface area contributed by atoms with Crippen LogP contribution < -0.4 is 0 Å². The van der Waals surface area contributed by atoms with Crippen LogP contribution >= 0.6 is 0 Å². The van der Waals surface area contributed by atoms with Gasteiger partial charge in [-0.1, -0.05) is 6.07 Å². The summed E-state index contributed by atoms with van der Waals surface area (Å²) < 4.78 is 5.43. The van der Waals surface area contributed by atoms with Crippen molar-refractivity contribution in [1.82, 2.24) is 14.8 Å². The Bertz CT molecular complexity index is 476. The van der Waals surface area contributed by atoms with Gasteiger partial charge in [0.15, 0.2) is 0 Å². The SMILES string of the molecule is CN(Cc1cccnc1)C1CCN(C(=O)OC(C)(C)C)CC1. The van der Waals surface area contributed by atoms with Crippen molar-refractivity contribution in [3.05, 3.63) is 30.1 Å². The minimum atomic E-state index is -0.426. The van der Waals surface area contributed by atoms with Gasteiger partial charge < -0.3 is 9.64 Å². The Labute approximate surface area is 133 Å². The molecule has 0 N–H and O–H groups in total. The van der Waals surface area contributed by atoms with Gasteiger partial charge in [0.25, 0.3) is 0 Å². The number of carbonyl (C=O) groups is 1. The van der Waals surface area contributed by atoms with Crippen molar-refractivity contribution in [2.45, 2.75) is 51.8 Å². The first-order chi connectivity index (χ1) is 10.3. The van der Waals surface area contributed by atoms with Gasteiger partial charge in [0.2, 0.25) is 0 Å². The summed E-state index contributed by atoms with van der Waals surface area (Å²) in [6, 6.07) is 4.56. The quantitative estimate of drug-likeness (QED) is 0.861. The molecule has 0 radical (unpaired) electrons. The molecule has 5 heteroatoms. The fraction of sp³-hybridized carbons (Fsp3) is 0.647. The predicted octanol–water partition coefficient (Wildman–Crippen LogP) is 2.91. The Morgan fingerprint density at radius 1 is 1.41 bits per heavy atom. The molecule has 22 heavy (non-hydrogen) atoms. The molecule has 1 aliphatic heterocycles. The molecule has 0 atom stereocenters. The van der Waals surface area contributed by atoms with Gasteiger partial charge in [-0.3, -0.25) is 9.88 Å². The van der Waals surface area contributed by atoms with Gasteiger partial charge in [0.1, 0.15) is 5.60 Å². The topological polar surface area (TPSA) is 45.7 Å². The maximum atomic E-state index is 12.1. The lowest BCUT2D eigenvalue weighted by Gasteiger charge is -2.37. The predicted molar refractivity (Wildman–Crippen MR) is 86.5 cm³/mol. The Hall–Kier alpha value is -1.62. The molecule has 2 heterocycles. The van der Waals surface area contributed by atoms with Gasteiger partial charge in [-0.05, 0) is 52.3 Å². The van der Waals surface area contributed by atoms with Crippen LogP contribution in [0.3, 0.4) is 0 Å². The number of carbonyl (C=O) groups excluding carboxylic acids is 1. The summed E-state index contributed by atoms with van der Waals surface area (Å²) in [6.07, 6.45) is 5.47. The molecule has 0 spiro atoms. The zero-order valence-corrected chi connectivity index (χ0v) is 14.1. The summed E-state index contributed by atoms with van der Waals surface area (Å²) in [5.74, 6) is 0. The minimum Gasteiger partial charge on any atom is -0.444 e. The average Bonchev–Trinajstić information content (AvgIpc) is 2.46. The van der Waals surface area contributed by atoms with E-state index in [1.165, 1.54) is 5.56 Å². The Kier molecular flexibility index (Phi) is 5.40. The van der Waals surface area contributed by atoms with Crippen LogP contribution in [0.4, 0.5) is 4.79 Å². The summed E-state index contributed by atoms with van der Waals surface area (Å²) >= 11 is 0. The number of hydrogen-bond acceptors (Lipinski definition) is 4. The van der Waals surface area contributed by atoms with Crippen LogP contribution in [-0.2, 0) is 11.3 Å². The van der Waals surface area contributed by atoms with Crippen LogP contribution in [0.25, 0.3) is 0 Å². The lowest BCUT2D eigenvalue weighted by atomic mass is 10.0. The summed E-state index contributed by atoms with van der Waals surface area (Å²) in [6.45, 7) is 8.12. The number of likely N-dealkylation sites (tertiary alicyclic amines) is 1. The summed E-state index contributed by atoms with van der Waals surface area (Å²) in [7, 11) is 2.14. The third-order valence-corrected chi connectivity index (χ3v) is 3.89. The van der Waals surface area contributed by atoms with Crippen molar-refractivity contribution in [3.63, 3.8) is 0 Å². The largest absolute Gasteiger partial charge is 0.444 e. The molecule has 0 aromatic carbocycles. The maximum Gasteiger partial charge on any atom is 0.410 e.